The minimum absolute atomic E-state index is 0.0434. The Kier molecular flexibility index (Phi) is 8.95. The minimum Gasteiger partial charge on any atom is -0.769 e. The van der Waals surface area contributed by atoms with Gasteiger partial charge in [0.05, 0.1) is 4.43 Å². The summed E-state index contributed by atoms with van der Waals surface area (Å²) in [7, 11) is -4.13. The molecule has 0 bridgehead atoms. The molecule has 3 rings (SSSR count). The predicted octanol–water partition coefficient (Wildman–Crippen LogP) is 2.86. The Balaban J connectivity index is 1.92. The third kappa shape index (κ3) is 6.33. The van der Waals surface area contributed by atoms with Crippen molar-refractivity contribution in [3.8, 4) is 0 Å². The predicted molar refractivity (Wildman–Crippen MR) is 149 cm³/mol. The fourth-order valence-electron chi connectivity index (χ4n) is 4.00. The second-order valence-electron chi connectivity index (χ2n) is 8.54. The van der Waals surface area contributed by atoms with Gasteiger partial charge < -0.3 is 23.9 Å². The molecule has 1 saturated heterocycles. The summed E-state index contributed by atoms with van der Waals surface area (Å²) in [4.78, 5) is 37.6. The smallest absolute Gasteiger partial charge is 0.263 e. The third-order valence-electron chi connectivity index (χ3n) is 5.74. The molecule has 13 heteroatoms. The average Bonchev–Trinajstić information content (AvgIpc) is 3.00. The van der Waals surface area contributed by atoms with Gasteiger partial charge in [0.1, 0.15) is 5.57 Å². The first-order chi connectivity index (χ1) is 16.9. The number of nitrogens with one attached hydrogen (secondary N) is 3. The lowest BCUT2D eigenvalue weighted by Crippen LogP contribution is -2.51. The molecule has 0 aliphatic carbocycles. The maximum atomic E-state index is 12.0. The Bertz CT molecular complexity index is 1170. The molecule has 36 heavy (non-hydrogen) atoms. The van der Waals surface area contributed by atoms with Crippen molar-refractivity contribution >= 4 is 74.2 Å². The van der Waals surface area contributed by atoms with Gasteiger partial charge in [0.2, 0.25) is 5.91 Å². The molecule has 2 aliphatic heterocycles. The van der Waals surface area contributed by atoms with Crippen LogP contribution in [0.5, 0.6) is 0 Å². The monoisotopic (exact) mass is 645 g/mol. The number of nitrogens with zero attached hydrogens (tertiary/aromatic N) is 1. The number of halogens is 1. The highest BCUT2D eigenvalue weighted by atomic mass is 127. The van der Waals surface area contributed by atoms with E-state index in [0.29, 0.717) is 23.9 Å². The summed E-state index contributed by atoms with van der Waals surface area (Å²) in [5, 5.41) is 7.54. The fourth-order valence-corrected chi connectivity index (χ4v) is 4.97. The molecule has 1 fully saturated rings. The molecule has 3 amide bonds. The number of allylic oxidation sites excluding steroid dienone is 5. The first-order valence-electron chi connectivity index (χ1n) is 10.9. The number of rotatable bonds is 8. The average molecular weight is 646 g/mol. The van der Waals surface area contributed by atoms with E-state index < -0.39 is 28.1 Å². The Labute approximate surface area is 229 Å². The molecule has 194 valence electrons. The summed E-state index contributed by atoms with van der Waals surface area (Å²) >= 11 is 6.79. The number of hydrogen-bond donors (Lipinski definition) is 5. The van der Waals surface area contributed by atoms with Crippen LogP contribution in [0.2, 0.25) is 0 Å². The Morgan fingerprint density at radius 1 is 1.22 bits per heavy atom. The summed E-state index contributed by atoms with van der Waals surface area (Å²) < 4.78 is 31.5. The number of benzene rings is 1. The first-order valence-corrected chi connectivity index (χ1v) is 14.3. The maximum Gasteiger partial charge on any atom is 0.263 e. The van der Waals surface area contributed by atoms with Crippen LogP contribution < -0.4 is 20.9 Å². The standard InChI is InChI=1S/C23H27IN4O6S2/c1-23(2)16-12-14(36(32,33)34)8-9-17(16)28(11-5-10-25-19(29)13-24)18(23)7-4-3-6-15-20(30)26-22(35)27-21(15)31/h3-4,6-9,12,32-34H,5,10-11,13H2,1-2H3,(H,25,29)(H2,26,27,30,31,35)/p-1/b4-3+,18-7+. The lowest BCUT2D eigenvalue weighted by atomic mass is 9.83. The lowest BCUT2D eigenvalue weighted by molar-refractivity contribution is -0.123. The van der Waals surface area contributed by atoms with Crippen molar-refractivity contribution in [1.29, 1.82) is 0 Å². The highest BCUT2D eigenvalue weighted by molar-refractivity contribution is 14.1. The zero-order valence-corrected chi connectivity index (χ0v) is 23.3. The van der Waals surface area contributed by atoms with Crippen molar-refractivity contribution in [2.75, 3.05) is 22.4 Å². The van der Waals surface area contributed by atoms with Gasteiger partial charge in [-0.15, -0.1) is 0 Å². The largest absolute Gasteiger partial charge is 0.769 e. The molecule has 10 nitrogen and oxygen atoms in total. The number of fused-ring (bicyclic) bond motifs is 1. The lowest BCUT2D eigenvalue weighted by Gasteiger charge is -2.34. The van der Waals surface area contributed by atoms with Gasteiger partial charge in [-0.25, -0.2) is 0 Å². The number of hydrogen-bond acceptors (Lipinski definition) is 8. The van der Waals surface area contributed by atoms with Crippen molar-refractivity contribution < 1.29 is 28.0 Å². The van der Waals surface area contributed by atoms with Crippen molar-refractivity contribution in [3.05, 3.63) is 59.3 Å². The Morgan fingerprint density at radius 3 is 2.47 bits per heavy atom. The van der Waals surface area contributed by atoms with Crippen molar-refractivity contribution in [2.24, 2.45) is 0 Å². The second kappa shape index (κ2) is 11.4. The molecule has 0 saturated carbocycles. The quantitative estimate of drug-likeness (QED) is 0.0723. The molecule has 1 aromatic carbocycles. The van der Waals surface area contributed by atoms with Crippen LogP contribution in [-0.4, -0.2) is 54.0 Å². The van der Waals surface area contributed by atoms with E-state index in [4.69, 9.17) is 12.2 Å². The van der Waals surface area contributed by atoms with Crippen LogP contribution in [0.25, 0.3) is 0 Å². The number of thiocarbonyl (C=S) groups is 1. The molecule has 0 radical (unpaired) electrons. The maximum absolute atomic E-state index is 12.0. The van der Waals surface area contributed by atoms with E-state index in [9.17, 15) is 28.0 Å². The normalized spacial score (nSPS) is 18.8. The summed E-state index contributed by atoms with van der Waals surface area (Å²) in [6, 6.07) is 4.62. The van der Waals surface area contributed by atoms with E-state index in [-0.39, 0.29) is 21.5 Å². The first kappa shape index (κ1) is 28.3. The molecule has 5 N–H and O–H groups in total. The molecule has 0 aromatic heterocycles. The van der Waals surface area contributed by atoms with Crippen LogP contribution in [0.1, 0.15) is 25.8 Å². The summed E-state index contributed by atoms with van der Waals surface area (Å²) in [5.74, 6) is -1.23. The number of alkyl halides is 1. The van der Waals surface area contributed by atoms with E-state index in [1.54, 1.807) is 18.2 Å². The molecular weight excluding hydrogens is 619 g/mol. The topological polar surface area (TPSA) is 154 Å². The zero-order valence-electron chi connectivity index (χ0n) is 19.5. The van der Waals surface area contributed by atoms with Gasteiger partial charge in [-0.3, -0.25) is 25.0 Å². The molecule has 0 spiro atoms. The van der Waals surface area contributed by atoms with Gasteiger partial charge in [0.25, 0.3) is 11.8 Å². The number of carbonyl (C=O) groups is 3. The number of carbonyl (C=O) groups excluding carboxylic acids is 3. The van der Waals surface area contributed by atoms with Crippen LogP contribution in [-0.2, 0) is 19.8 Å². The third-order valence-corrected chi connectivity index (χ3v) is 7.51. The molecular formula is C23H26IN4O6S2-. The van der Waals surface area contributed by atoms with Gasteiger partial charge >= 0.3 is 0 Å². The molecule has 0 unspecified atom stereocenters. The summed E-state index contributed by atoms with van der Waals surface area (Å²) in [6.07, 6.45) is 7.11. The van der Waals surface area contributed by atoms with Crippen molar-refractivity contribution in [2.45, 2.75) is 30.6 Å². The van der Waals surface area contributed by atoms with Crippen LogP contribution in [0.3, 0.4) is 0 Å². The Morgan fingerprint density at radius 2 is 1.86 bits per heavy atom. The van der Waals surface area contributed by atoms with E-state index in [0.717, 1.165) is 16.9 Å². The minimum atomic E-state index is -4.13. The fraction of sp³-hybridized carbons (Fsp3) is 0.304. The van der Waals surface area contributed by atoms with Gasteiger partial charge in [0.15, 0.2) is 5.11 Å². The number of anilines is 1. The Hall–Kier alpha value is -2.30. The van der Waals surface area contributed by atoms with Crippen LogP contribution >= 0.6 is 45.7 Å². The van der Waals surface area contributed by atoms with Gasteiger partial charge in [0, 0.05) is 34.8 Å². The van der Waals surface area contributed by atoms with E-state index in [2.05, 4.69) is 16.0 Å². The van der Waals surface area contributed by atoms with Crippen LogP contribution in [0, 0.1) is 0 Å². The highest BCUT2D eigenvalue weighted by Gasteiger charge is 2.40. The van der Waals surface area contributed by atoms with E-state index in [1.807, 2.05) is 47.4 Å². The van der Waals surface area contributed by atoms with Gasteiger partial charge in [-0.1, -0.05) is 59.5 Å². The molecule has 1 aromatic rings. The second-order valence-corrected chi connectivity index (χ2v) is 11.2. The van der Waals surface area contributed by atoms with Crippen molar-refractivity contribution in [3.63, 3.8) is 0 Å². The van der Waals surface area contributed by atoms with E-state index >= 15 is 0 Å². The zero-order chi connectivity index (χ0) is 26.7. The number of amides is 3. The van der Waals surface area contributed by atoms with Gasteiger partial charge in [-0.2, -0.15) is 0 Å². The van der Waals surface area contributed by atoms with E-state index in [1.165, 1.54) is 18.2 Å². The summed E-state index contributed by atoms with van der Waals surface area (Å²) in [5.41, 5.74) is 1.73. The van der Waals surface area contributed by atoms with Gasteiger partial charge in [-0.05, 0) is 54.6 Å². The van der Waals surface area contributed by atoms with Crippen LogP contribution in [0.15, 0.2) is 58.7 Å². The molecule has 0 atom stereocenters. The van der Waals surface area contributed by atoms with Crippen LogP contribution in [0.4, 0.5) is 5.69 Å². The van der Waals surface area contributed by atoms with Crippen molar-refractivity contribution in [1.82, 2.24) is 16.0 Å². The summed E-state index contributed by atoms with van der Waals surface area (Å²) in [6.45, 7) is 4.93. The molecule has 2 aliphatic rings. The molecule has 2 heterocycles. The highest BCUT2D eigenvalue weighted by Crippen LogP contribution is 2.52. The SMILES string of the molecule is CC1(C)/C(=C\C=C\C=C2C(=O)NC(=S)NC2=O)N(CCCNC(=O)CI)c2ccc(S([O-])(O)O)cc21.